The number of likely N-dealkylation sites (tertiary alicyclic amines) is 1. The van der Waals surface area contributed by atoms with Crippen LogP contribution in [0.4, 0.5) is 13.6 Å². The third-order valence-electron chi connectivity index (χ3n) is 4.59. The van der Waals surface area contributed by atoms with E-state index in [0.717, 1.165) is 12.1 Å². The first-order valence-electron chi connectivity index (χ1n) is 8.21. The second-order valence-corrected chi connectivity index (χ2v) is 6.48. The van der Waals surface area contributed by atoms with Gasteiger partial charge < -0.3 is 19.7 Å². The van der Waals surface area contributed by atoms with E-state index in [9.17, 15) is 13.6 Å². The lowest BCUT2D eigenvalue weighted by molar-refractivity contribution is -0.189. The van der Waals surface area contributed by atoms with Crippen LogP contribution in [-0.4, -0.2) is 42.5 Å². The van der Waals surface area contributed by atoms with Gasteiger partial charge in [0.1, 0.15) is 0 Å². The first-order valence-corrected chi connectivity index (χ1v) is 8.21. The summed E-state index contributed by atoms with van der Waals surface area (Å²) in [6, 6.07) is 2.99. The zero-order valence-corrected chi connectivity index (χ0v) is 13.9. The molecule has 0 aromatic heterocycles. The molecule has 2 heterocycles. The van der Waals surface area contributed by atoms with Gasteiger partial charge in [-0.3, -0.25) is 0 Å². The third kappa shape index (κ3) is 3.52. The van der Waals surface area contributed by atoms with Crippen LogP contribution < -0.4 is 5.32 Å². The molecule has 2 aliphatic rings. The first kappa shape index (κ1) is 17.1. The fourth-order valence-corrected chi connectivity index (χ4v) is 3.16. The highest BCUT2D eigenvalue weighted by Gasteiger charge is 2.43. The van der Waals surface area contributed by atoms with Gasteiger partial charge in [-0.2, -0.15) is 0 Å². The molecule has 2 saturated heterocycles. The molecule has 5 nitrogen and oxygen atoms in total. The van der Waals surface area contributed by atoms with Crippen LogP contribution in [0.2, 0.25) is 0 Å². The lowest BCUT2D eigenvalue weighted by atomic mass is 10.0. The van der Waals surface area contributed by atoms with Gasteiger partial charge in [-0.1, -0.05) is 6.07 Å². The Morgan fingerprint density at radius 1 is 1.33 bits per heavy atom. The molecule has 2 amide bonds. The highest BCUT2D eigenvalue weighted by Crippen LogP contribution is 2.34. The van der Waals surface area contributed by atoms with Crippen LogP contribution in [0.15, 0.2) is 18.2 Å². The molecule has 24 heavy (non-hydrogen) atoms. The minimum atomic E-state index is -0.918. The molecule has 0 aliphatic carbocycles. The number of benzene rings is 1. The Balaban J connectivity index is 1.55. The van der Waals surface area contributed by atoms with Gasteiger partial charge in [0.15, 0.2) is 17.4 Å². The van der Waals surface area contributed by atoms with Crippen LogP contribution in [0.1, 0.15) is 38.3 Å². The molecule has 0 radical (unpaired) electrons. The summed E-state index contributed by atoms with van der Waals surface area (Å²) in [4.78, 5) is 14.1. The van der Waals surface area contributed by atoms with Crippen molar-refractivity contribution < 1.29 is 23.0 Å². The molecule has 0 saturated carbocycles. The summed E-state index contributed by atoms with van der Waals surface area (Å²) < 4.78 is 37.9. The van der Waals surface area contributed by atoms with Crippen molar-refractivity contribution in [2.75, 3.05) is 19.7 Å². The number of rotatable bonds is 2. The van der Waals surface area contributed by atoms with E-state index in [1.54, 1.807) is 11.8 Å². The molecule has 1 aromatic carbocycles. The van der Waals surface area contributed by atoms with Gasteiger partial charge in [0.05, 0.1) is 18.8 Å². The highest BCUT2D eigenvalue weighted by molar-refractivity contribution is 5.74. The lowest BCUT2D eigenvalue weighted by Crippen LogP contribution is -2.50. The van der Waals surface area contributed by atoms with E-state index >= 15 is 0 Å². The predicted molar refractivity (Wildman–Crippen MR) is 83.3 cm³/mol. The van der Waals surface area contributed by atoms with Crippen LogP contribution in [0.3, 0.4) is 0 Å². The Hall–Kier alpha value is -1.73. The van der Waals surface area contributed by atoms with Gasteiger partial charge in [0, 0.05) is 25.9 Å². The molecule has 0 unspecified atom stereocenters. The Labute approximate surface area is 139 Å². The molecular weight excluding hydrogens is 318 g/mol. The maximum absolute atomic E-state index is 13.3. The van der Waals surface area contributed by atoms with E-state index in [1.807, 2.05) is 6.92 Å². The summed E-state index contributed by atoms with van der Waals surface area (Å²) in [5.41, 5.74) is 0.520. The average molecular weight is 340 g/mol. The number of ether oxygens (including phenoxy) is 2. The fraction of sp³-hybridized carbons (Fsp3) is 0.588. The molecule has 0 bridgehead atoms. The van der Waals surface area contributed by atoms with Gasteiger partial charge in [-0.05, 0) is 31.5 Å². The van der Waals surface area contributed by atoms with Gasteiger partial charge >= 0.3 is 6.03 Å². The largest absolute Gasteiger partial charge is 0.347 e. The molecule has 7 heteroatoms. The maximum atomic E-state index is 13.3. The van der Waals surface area contributed by atoms with Crippen molar-refractivity contribution >= 4 is 6.03 Å². The number of nitrogens with one attached hydrogen (secondary N) is 1. The van der Waals surface area contributed by atoms with E-state index in [-0.39, 0.29) is 12.1 Å². The number of carbonyl (C=O) groups is 1. The molecule has 132 valence electrons. The van der Waals surface area contributed by atoms with Gasteiger partial charge in [-0.15, -0.1) is 0 Å². The minimum Gasteiger partial charge on any atom is -0.347 e. The first-order chi connectivity index (χ1) is 11.4. The summed E-state index contributed by atoms with van der Waals surface area (Å²) in [5, 5.41) is 2.82. The van der Waals surface area contributed by atoms with Crippen LogP contribution in [-0.2, 0) is 9.47 Å². The van der Waals surface area contributed by atoms with Crippen molar-refractivity contribution in [3.63, 3.8) is 0 Å². The molecule has 2 atom stereocenters. The fourth-order valence-electron chi connectivity index (χ4n) is 3.16. The van der Waals surface area contributed by atoms with Crippen LogP contribution in [0.25, 0.3) is 0 Å². The van der Waals surface area contributed by atoms with E-state index in [1.165, 1.54) is 6.07 Å². The average Bonchev–Trinajstić information content (AvgIpc) is 2.91. The smallest absolute Gasteiger partial charge is 0.317 e. The van der Waals surface area contributed by atoms with Gasteiger partial charge in [0.25, 0.3) is 0 Å². The van der Waals surface area contributed by atoms with Crippen LogP contribution in [0, 0.1) is 11.6 Å². The predicted octanol–water partition coefficient (Wildman–Crippen LogP) is 2.96. The number of urea groups is 1. The van der Waals surface area contributed by atoms with Crippen molar-refractivity contribution in [1.29, 1.82) is 0 Å². The van der Waals surface area contributed by atoms with Crippen molar-refractivity contribution in [3.8, 4) is 0 Å². The summed E-state index contributed by atoms with van der Waals surface area (Å²) in [6.07, 6.45) is 1.34. The molecule has 1 N–H and O–H groups in total. The highest BCUT2D eigenvalue weighted by atomic mass is 19.2. The Morgan fingerprint density at radius 3 is 2.62 bits per heavy atom. The summed E-state index contributed by atoms with van der Waals surface area (Å²) in [5.74, 6) is -2.37. The Morgan fingerprint density at radius 2 is 2.04 bits per heavy atom. The SMILES string of the molecule is C[C@@H]1COC2(CCN(C(=O)N[C@H](C)c3ccc(F)c(F)c3)CC2)O1. The summed E-state index contributed by atoms with van der Waals surface area (Å²) in [7, 11) is 0. The Bertz CT molecular complexity index is 618. The number of amides is 2. The molecular formula is C17H22F2N2O3. The van der Waals surface area contributed by atoms with E-state index in [0.29, 0.717) is 38.1 Å². The normalized spacial score (nSPS) is 24.2. The van der Waals surface area contributed by atoms with Crippen molar-refractivity contribution in [3.05, 3.63) is 35.4 Å². The third-order valence-corrected chi connectivity index (χ3v) is 4.59. The Kier molecular flexibility index (Phi) is 4.73. The van der Waals surface area contributed by atoms with Crippen molar-refractivity contribution in [2.45, 2.75) is 44.6 Å². The number of hydrogen-bond donors (Lipinski definition) is 1. The van der Waals surface area contributed by atoms with Crippen molar-refractivity contribution in [2.24, 2.45) is 0 Å². The second-order valence-electron chi connectivity index (χ2n) is 6.48. The van der Waals surface area contributed by atoms with E-state index in [2.05, 4.69) is 5.32 Å². The number of carbonyl (C=O) groups excluding carboxylic acids is 1. The van der Waals surface area contributed by atoms with Crippen LogP contribution >= 0.6 is 0 Å². The number of halogens is 2. The number of piperidine rings is 1. The molecule has 2 fully saturated rings. The zero-order chi connectivity index (χ0) is 17.3. The van der Waals surface area contributed by atoms with Crippen LogP contribution in [0.5, 0.6) is 0 Å². The van der Waals surface area contributed by atoms with Crippen molar-refractivity contribution in [1.82, 2.24) is 10.2 Å². The number of nitrogens with zero attached hydrogens (tertiary/aromatic N) is 1. The number of hydrogen-bond acceptors (Lipinski definition) is 3. The summed E-state index contributed by atoms with van der Waals surface area (Å²) >= 11 is 0. The van der Waals surface area contributed by atoms with Gasteiger partial charge in [0.2, 0.25) is 0 Å². The molecule has 1 aromatic rings. The minimum absolute atomic E-state index is 0.0822. The quantitative estimate of drug-likeness (QED) is 0.900. The second kappa shape index (κ2) is 6.64. The summed E-state index contributed by atoms with van der Waals surface area (Å²) in [6.45, 7) is 5.35. The standard InChI is InChI=1S/C17H22F2N2O3/c1-11-10-23-17(24-11)5-7-21(8-6-17)16(22)20-12(2)13-3-4-14(18)15(19)9-13/h3-4,9,11-12H,5-8,10H2,1-2H3,(H,20,22)/t11-,12-/m1/s1. The van der Waals surface area contributed by atoms with E-state index in [4.69, 9.17) is 9.47 Å². The van der Waals surface area contributed by atoms with E-state index < -0.39 is 23.5 Å². The monoisotopic (exact) mass is 340 g/mol. The molecule has 1 spiro atoms. The topological polar surface area (TPSA) is 50.8 Å². The zero-order valence-electron chi connectivity index (χ0n) is 13.9. The molecule has 3 rings (SSSR count). The maximum Gasteiger partial charge on any atom is 0.317 e. The lowest BCUT2D eigenvalue weighted by Gasteiger charge is -2.38. The molecule has 2 aliphatic heterocycles. The van der Waals surface area contributed by atoms with Gasteiger partial charge in [-0.25, -0.2) is 13.6 Å².